The van der Waals surface area contributed by atoms with Crippen LogP contribution in [0, 0.1) is 18.8 Å². The van der Waals surface area contributed by atoms with Crippen LogP contribution >= 0.6 is 0 Å². The van der Waals surface area contributed by atoms with Crippen LogP contribution in [-0.4, -0.2) is 34.3 Å². The van der Waals surface area contributed by atoms with Crippen LogP contribution < -0.4 is 10.8 Å². The van der Waals surface area contributed by atoms with Crippen molar-refractivity contribution in [2.45, 2.75) is 26.0 Å². The van der Waals surface area contributed by atoms with Gasteiger partial charge in [0.05, 0.1) is 6.10 Å². The molecule has 0 bridgehead atoms. The molecule has 0 aliphatic rings. The van der Waals surface area contributed by atoms with Gasteiger partial charge in [0.25, 0.3) is 11.8 Å². The molecular formula is C20H20N2O4. The number of hydroxylamine groups is 1. The lowest BCUT2D eigenvalue weighted by Gasteiger charge is -2.19. The summed E-state index contributed by atoms with van der Waals surface area (Å²) >= 11 is 0. The molecule has 26 heavy (non-hydrogen) atoms. The minimum atomic E-state index is -1.26. The molecule has 6 nitrogen and oxygen atoms in total. The Balaban J connectivity index is 2.11. The molecular weight excluding hydrogens is 332 g/mol. The molecule has 0 saturated heterocycles. The van der Waals surface area contributed by atoms with Crippen molar-refractivity contribution in [2.24, 2.45) is 0 Å². The molecule has 0 aliphatic carbocycles. The third-order valence-corrected chi connectivity index (χ3v) is 3.80. The maximum absolute atomic E-state index is 12.2. The fourth-order valence-corrected chi connectivity index (χ4v) is 2.26. The van der Waals surface area contributed by atoms with Crippen LogP contribution in [0.2, 0.25) is 0 Å². The highest BCUT2D eigenvalue weighted by Gasteiger charge is 2.25. The van der Waals surface area contributed by atoms with E-state index in [0.717, 1.165) is 16.7 Å². The van der Waals surface area contributed by atoms with Crippen LogP contribution in [0.5, 0.6) is 0 Å². The molecule has 6 heteroatoms. The molecule has 0 saturated carbocycles. The Labute approximate surface area is 151 Å². The Hall–Kier alpha value is -3.14. The lowest BCUT2D eigenvalue weighted by atomic mass is 10.1. The third-order valence-electron chi connectivity index (χ3n) is 3.80. The number of hydrogen-bond acceptors (Lipinski definition) is 4. The van der Waals surface area contributed by atoms with E-state index >= 15 is 0 Å². The molecule has 2 rings (SSSR count). The summed E-state index contributed by atoms with van der Waals surface area (Å²) in [5.41, 5.74) is 4.49. The highest BCUT2D eigenvalue weighted by molar-refractivity contribution is 5.97. The van der Waals surface area contributed by atoms with Gasteiger partial charge in [-0.1, -0.05) is 30.0 Å². The van der Waals surface area contributed by atoms with E-state index in [1.807, 2.05) is 31.2 Å². The van der Waals surface area contributed by atoms with Gasteiger partial charge in [-0.25, -0.2) is 5.48 Å². The molecule has 2 amide bonds. The largest absolute Gasteiger partial charge is 0.391 e. The molecule has 2 atom stereocenters. The van der Waals surface area contributed by atoms with Gasteiger partial charge in [-0.15, -0.1) is 0 Å². The van der Waals surface area contributed by atoms with Crippen molar-refractivity contribution < 1.29 is 19.9 Å². The van der Waals surface area contributed by atoms with Crippen LogP contribution in [-0.2, 0) is 4.79 Å². The fraction of sp³-hybridized carbons (Fsp3) is 0.200. The maximum Gasteiger partial charge on any atom is 0.268 e. The Morgan fingerprint density at radius 1 is 1.04 bits per heavy atom. The lowest BCUT2D eigenvalue weighted by molar-refractivity contribution is -0.133. The van der Waals surface area contributed by atoms with Crippen LogP contribution in [0.3, 0.4) is 0 Å². The monoisotopic (exact) mass is 352 g/mol. The van der Waals surface area contributed by atoms with E-state index in [-0.39, 0.29) is 0 Å². The van der Waals surface area contributed by atoms with Crippen LogP contribution in [0.1, 0.15) is 34.0 Å². The van der Waals surface area contributed by atoms with Gasteiger partial charge in [-0.3, -0.25) is 14.8 Å². The van der Waals surface area contributed by atoms with E-state index in [2.05, 4.69) is 17.2 Å². The van der Waals surface area contributed by atoms with Crippen molar-refractivity contribution in [3.8, 4) is 11.8 Å². The van der Waals surface area contributed by atoms with E-state index in [0.29, 0.717) is 5.56 Å². The second-order valence-corrected chi connectivity index (χ2v) is 5.81. The third kappa shape index (κ3) is 4.93. The Morgan fingerprint density at radius 2 is 1.69 bits per heavy atom. The molecule has 4 N–H and O–H groups in total. The van der Waals surface area contributed by atoms with Gasteiger partial charge < -0.3 is 10.4 Å². The van der Waals surface area contributed by atoms with Gasteiger partial charge in [0, 0.05) is 16.7 Å². The number of amides is 2. The number of nitrogens with one attached hydrogen (secondary N) is 2. The molecule has 0 heterocycles. The van der Waals surface area contributed by atoms with Crippen LogP contribution in [0.15, 0.2) is 48.5 Å². The fourth-order valence-electron chi connectivity index (χ4n) is 2.26. The number of benzene rings is 2. The van der Waals surface area contributed by atoms with Crippen molar-refractivity contribution in [3.05, 3.63) is 70.8 Å². The zero-order chi connectivity index (χ0) is 19.1. The summed E-state index contributed by atoms with van der Waals surface area (Å²) in [4.78, 5) is 23.7. The molecule has 0 radical (unpaired) electrons. The van der Waals surface area contributed by atoms with Gasteiger partial charge in [-0.05, 0) is 49.7 Å². The lowest BCUT2D eigenvalue weighted by Crippen LogP contribution is -2.51. The number of aliphatic hydroxyl groups excluding tert-OH is 1. The van der Waals surface area contributed by atoms with Gasteiger partial charge >= 0.3 is 0 Å². The summed E-state index contributed by atoms with van der Waals surface area (Å²) in [6.45, 7) is 3.32. The van der Waals surface area contributed by atoms with Gasteiger partial charge in [0.2, 0.25) is 0 Å². The first-order valence-electron chi connectivity index (χ1n) is 8.03. The van der Waals surface area contributed by atoms with Crippen molar-refractivity contribution in [3.63, 3.8) is 0 Å². The van der Waals surface area contributed by atoms with Gasteiger partial charge in [0.15, 0.2) is 0 Å². The summed E-state index contributed by atoms with van der Waals surface area (Å²) in [6.07, 6.45) is -1.16. The highest BCUT2D eigenvalue weighted by atomic mass is 16.5. The number of rotatable bonds is 4. The second-order valence-electron chi connectivity index (χ2n) is 5.81. The molecule has 0 unspecified atom stereocenters. The van der Waals surface area contributed by atoms with E-state index in [9.17, 15) is 14.7 Å². The first-order chi connectivity index (χ1) is 12.4. The summed E-state index contributed by atoms with van der Waals surface area (Å²) in [6, 6.07) is 13.1. The van der Waals surface area contributed by atoms with E-state index in [1.54, 1.807) is 24.3 Å². The Bertz CT molecular complexity index is 848. The van der Waals surface area contributed by atoms with Gasteiger partial charge in [-0.2, -0.15) is 0 Å². The average Bonchev–Trinajstić information content (AvgIpc) is 2.64. The smallest absolute Gasteiger partial charge is 0.268 e. The minimum absolute atomic E-state index is 0.308. The van der Waals surface area contributed by atoms with Crippen molar-refractivity contribution >= 4 is 11.8 Å². The van der Waals surface area contributed by atoms with Crippen molar-refractivity contribution in [1.82, 2.24) is 10.8 Å². The predicted octanol–water partition coefficient (Wildman–Crippen LogP) is 1.38. The van der Waals surface area contributed by atoms with Gasteiger partial charge in [0.1, 0.15) is 6.04 Å². The molecule has 0 aliphatic heterocycles. The molecule has 2 aromatic carbocycles. The summed E-state index contributed by atoms with van der Waals surface area (Å²) in [5.74, 6) is 4.68. The topological polar surface area (TPSA) is 98.7 Å². The summed E-state index contributed by atoms with van der Waals surface area (Å²) in [5, 5.41) is 20.6. The van der Waals surface area contributed by atoms with E-state index < -0.39 is 24.0 Å². The zero-order valence-electron chi connectivity index (χ0n) is 14.5. The average molecular weight is 352 g/mol. The van der Waals surface area contributed by atoms with Crippen molar-refractivity contribution in [1.29, 1.82) is 0 Å². The van der Waals surface area contributed by atoms with Crippen molar-refractivity contribution in [2.75, 3.05) is 0 Å². The van der Waals surface area contributed by atoms with E-state index in [1.165, 1.54) is 12.4 Å². The van der Waals surface area contributed by atoms with E-state index in [4.69, 9.17) is 5.21 Å². The number of carbonyl (C=O) groups is 2. The molecule has 0 fully saturated rings. The minimum Gasteiger partial charge on any atom is -0.391 e. The number of aliphatic hydroxyl groups is 1. The molecule has 0 aromatic heterocycles. The Kier molecular flexibility index (Phi) is 6.50. The van der Waals surface area contributed by atoms with Crippen LogP contribution in [0.25, 0.3) is 0 Å². The summed E-state index contributed by atoms with van der Waals surface area (Å²) < 4.78 is 0. The maximum atomic E-state index is 12.2. The first kappa shape index (κ1) is 19.2. The number of aryl methyl sites for hydroxylation is 1. The standard InChI is InChI=1S/C20H20N2O4/c1-13-5-3-4-6-16(13)10-7-15-8-11-17(12-9-15)19(24)21-18(14(2)23)20(25)22-26/h3-6,8-9,11-12,14,18,23,26H,1-2H3,(H,21,24)(H,22,25)/t14-,18+/m1/s1. The summed E-state index contributed by atoms with van der Waals surface area (Å²) in [7, 11) is 0. The molecule has 0 spiro atoms. The zero-order valence-corrected chi connectivity index (χ0v) is 14.5. The van der Waals surface area contributed by atoms with Crippen LogP contribution in [0.4, 0.5) is 0 Å². The predicted molar refractivity (Wildman–Crippen MR) is 96.5 cm³/mol. The second kappa shape index (κ2) is 8.81. The Morgan fingerprint density at radius 3 is 2.27 bits per heavy atom. The normalized spacial score (nSPS) is 12.3. The highest BCUT2D eigenvalue weighted by Crippen LogP contribution is 2.07. The first-order valence-corrected chi connectivity index (χ1v) is 8.03. The molecule has 2 aromatic rings. The number of hydrogen-bond donors (Lipinski definition) is 4. The molecule has 134 valence electrons. The number of carbonyl (C=O) groups excluding carboxylic acids is 2. The SMILES string of the molecule is Cc1ccccc1C#Cc1ccc(C(=O)N[C@H](C(=O)NO)[C@@H](C)O)cc1. The quantitative estimate of drug-likeness (QED) is 0.380.